The van der Waals surface area contributed by atoms with Crippen LogP contribution in [0.25, 0.3) is 10.6 Å². The van der Waals surface area contributed by atoms with Crippen LogP contribution in [-0.2, 0) is 6.54 Å². The molecule has 0 aliphatic heterocycles. The monoisotopic (exact) mass is 395 g/mol. The molecule has 0 saturated heterocycles. The van der Waals surface area contributed by atoms with E-state index >= 15 is 0 Å². The molecule has 0 atom stereocenters. The largest absolute Gasteiger partial charge is 0.494 e. The number of thiazole rings is 1. The maximum atomic E-state index is 12.9. The lowest BCUT2D eigenvalue weighted by Crippen LogP contribution is -2.39. The van der Waals surface area contributed by atoms with Crippen molar-refractivity contribution in [2.75, 3.05) is 11.9 Å². The second-order valence-electron chi connectivity index (χ2n) is 6.65. The van der Waals surface area contributed by atoms with Crippen molar-refractivity contribution >= 4 is 23.1 Å². The van der Waals surface area contributed by atoms with Gasteiger partial charge in [0.2, 0.25) is 0 Å². The molecule has 3 aromatic rings. The predicted molar refractivity (Wildman–Crippen MR) is 115 cm³/mol. The average molecular weight is 396 g/mol. The number of aromatic nitrogens is 1. The van der Waals surface area contributed by atoms with E-state index in [0.29, 0.717) is 13.2 Å². The molecular formula is C22H25N3O2S. The molecule has 3 rings (SSSR count). The average Bonchev–Trinajstić information content (AvgIpc) is 3.23. The molecular weight excluding hydrogens is 370 g/mol. The fourth-order valence-electron chi connectivity index (χ4n) is 2.85. The van der Waals surface area contributed by atoms with E-state index in [-0.39, 0.29) is 12.1 Å². The van der Waals surface area contributed by atoms with Crippen LogP contribution in [0.4, 0.5) is 10.5 Å². The van der Waals surface area contributed by atoms with Gasteiger partial charge in [-0.15, -0.1) is 11.3 Å². The van der Waals surface area contributed by atoms with Gasteiger partial charge in [-0.05, 0) is 56.7 Å². The summed E-state index contributed by atoms with van der Waals surface area (Å²) in [5, 5.41) is 5.92. The van der Waals surface area contributed by atoms with E-state index < -0.39 is 0 Å². The van der Waals surface area contributed by atoms with Crippen LogP contribution >= 0.6 is 11.3 Å². The molecule has 1 aromatic heterocycles. The lowest BCUT2D eigenvalue weighted by Gasteiger charge is -2.27. The van der Waals surface area contributed by atoms with E-state index in [4.69, 9.17) is 4.74 Å². The van der Waals surface area contributed by atoms with E-state index in [1.807, 2.05) is 73.5 Å². The highest BCUT2D eigenvalue weighted by Crippen LogP contribution is 2.24. The summed E-state index contributed by atoms with van der Waals surface area (Å²) in [6.45, 7) is 7.12. The Hall–Kier alpha value is -2.86. The Morgan fingerprint density at radius 3 is 2.64 bits per heavy atom. The molecule has 28 heavy (non-hydrogen) atoms. The summed E-state index contributed by atoms with van der Waals surface area (Å²) in [6.07, 6.45) is 1.80. The molecule has 5 nitrogen and oxygen atoms in total. The minimum Gasteiger partial charge on any atom is -0.494 e. The number of nitrogens with zero attached hydrogens (tertiary/aromatic N) is 2. The number of ether oxygens (including phenoxy) is 1. The van der Waals surface area contributed by atoms with Crippen LogP contribution in [0.1, 0.15) is 26.3 Å². The number of nitrogens with one attached hydrogen (secondary N) is 1. The van der Waals surface area contributed by atoms with Crippen molar-refractivity contribution in [3.63, 3.8) is 0 Å². The zero-order valence-electron chi connectivity index (χ0n) is 16.4. The van der Waals surface area contributed by atoms with Crippen LogP contribution in [-0.4, -0.2) is 28.6 Å². The Bertz CT molecular complexity index is 892. The molecule has 0 saturated carbocycles. The van der Waals surface area contributed by atoms with Gasteiger partial charge in [0.05, 0.1) is 6.61 Å². The number of rotatable bonds is 7. The smallest absolute Gasteiger partial charge is 0.322 e. The number of hydrogen-bond acceptors (Lipinski definition) is 4. The van der Waals surface area contributed by atoms with Crippen LogP contribution in [0, 0.1) is 0 Å². The molecule has 0 spiro atoms. The third kappa shape index (κ3) is 5.10. The summed E-state index contributed by atoms with van der Waals surface area (Å²) in [5.41, 5.74) is 2.89. The lowest BCUT2D eigenvalue weighted by atomic mass is 10.1. The Morgan fingerprint density at radius 2 is 2.00 bits per heavy atom. The minimum atomic E-state index is -0.126. The maximum Gasteiger partial charge on any atom is 0.322 e. The molecule has 0 fully saturated rings. The van der Waals surface area contributed by atoms with Crippen LogP contribution in [0.15, 0.2) is 60.1 Å². The van der Waals surface area contributed by atoms with Crippen molar-refractivity contribution in [1.29, 1.82) is 0 Å². The van der Waals surface area contributed by atoms with E-state index in [2.05, 4.69) is 16.4 Å². The summed E-state index contributed by atoms with van der Waals surface area (Å²) in [4.78, 5) is 19.0. The van der Waals surface area contributed by atoms with Gasteiger partial charge < -0.3 is 15.0 Å². The first-order valence-corrected chi connectivity index (χ1v) is 10.2. The third-order valence-electron chi connectivity index (χ3n) is 4.26. The van der Waals surface area contributed by atoms with Gasteiger partial charge >= 0.3 is 6.03 Å². The van der Waals surface area contributed by atoms with Crippen LogP contribution < -0.4 is 10.1 Å². The minimum absolute atomic E-state index is 0.0613. The number of carbonyl (C=O) groups is 1. The van der Waals surface area contributed by atoms with Gasteiger partial charge in [0, 0.05) is 35.4 Å². The zero-order chi connectivity index (χ0) is 19.9. The molecule has 1 N–H and O–H groups in total. The number of hydrogen-bond donors (Lipinski definition) is 1. The van der Waals surface area contributed by atoms with Gasteiger partial charge in [-0.3, -0.25) is 0 Å². The van der Waals surface area contributed by atoms with E-state index in [0.717, 1.165) is 27.6 Å². The van der Waals surface area contributed by atoms with Crippen LogP contribution in [0.5, 0.6) is 5.75 Å². The van der Waals surface area contributed by atoms with Crippen LogP contribution in [0.2, 0.25) is 0 Å². The molecule has 0 aliphatic carbocycles. The number of carbonyl (C=O) groups excluding carboxylic acids is 1. The predicted octanol–water partition coefficient (Wildman–Crippen LogP) is 5.65. The summed E-state index contributed by atoms with van der Waals surface area (Å²) < 4.78 is 5.44. The number of urea groups is 1. The molecule has 0 unspecified atom stereocenters. The SMILES string of the molecule is CCOc1ccc(NC(=O)N(Cc2cccc(-c3nccs3)c2)C(C)C)cc1. The first kappa shape index (κ1) is 19.9. The van der Waals surface area contributed by atoms with Crippen molar-refractivity contribution in [2.24, 2.45) is 0 Å². The molecule has 146 valence electrons. The topological polar surface area (TPSA) is 54.5 Å². The molecule has 2 aromatic carbocycles. The van der Waals surface area contributed by atoms with Gasteiger partial charge in [-0.1, -0.05) is 18.2 Å². The number of anilines is 1. The number of amides is 2. The van der Waals surface area contributed by atoms with Gasteiger partial charge in [-0.25, -0.2) is 9.78 Å². The summed E-state index contributed by atoms with van der Waals surface area (Å²) in [6, 6.07) is 15.5. The summed E-state index contributed by atoms with van der Waals surface area (Å²) in [7, 11) is 0. The second-order valence-corrected chi connectivity index (χ2v) is 7.54. The lowest BCUT2D eigenvalue weighted by molar-refractivity contribution is 0.193. The molecule has 0 aliphatic rings. The highest BCUT2D eigenvalue weighted by atomic mass is 32.1. The summed E-state index contributed by atoms with van der Waals surface area (Å²) >= 11 is 1.61. The van der Waals surface area contributed by atoms with Gasteiger partial charge in [0.1, 0.15) is 10.8 Å². The molecule has 6 heteroatoms. The highest BCUT2D eigenvalue weighted by Gasteiger charge is 2.18. The fourth-order valence-corrected chi connectivity index (χ4v) is 3.49. The standard InChI is InChI=1S/C22H25N3O2S/c1-4-27-20-10-8-19(9-11-20)24-22(26)25(16(2)3)15-17-6-5-7-18(14-17)21-23-12-13-28-21/h5-14,16H,4,15H2,1-3H3,(H,24,26). The summed E-state index contributed by atoms with van der Waals surface area (Å²) in [5.74, 6) is 0.792. The Kier molecular flexibility index (Phi) is 6.66. The second kappa shape index (κ2) is 9.37. The number of benzene rings is 2. The normalized spacial score (nSPS) is 10.7. The van der Waals surface area contributed by atoms with Crippen LogP contribution in [0.3, 0.4) is 0 Å². The third-order valence-corrected chi connectivity index (χ3v) is 5.08. The van der Waals surface area contributed by atoms with E-state index in [1.165, 1.54) is 0 Å². The van der Waals surface area contributed by atoms with E-state index in [9.17, 15) is 4.79 Å². The van der Waals surface area contributed by atoms with Crippen molar-refractivity contribution in [3.8, 4) is 16.3 Å². The van der Waals surface area contributed by atoms with Gasteiger partial charge in [-0.2, -0.15) is 0 Å². The Balaban J connectivity index is 1.71. The quantitative estimate of drug-likeness (QED) is 0.562. The first-order chi connectivity index (χ1) is 13.6. The van der Waals surface area contributed by atoms with Gasteiger partial charge in [0.25, 0.3) is 0 Å². The van der Waals surface area contributed by atoms with Crippen molar-refractivity contribution < 1.29 is 9.53 Å². The Labute approximate surface area is 170 Å². The van der Waals surface area contributed by atoms with Crippen molar-refractivity contribution in [3.05, 3.63) is 65.7 Å². The first-order valence-electron chi connectivity index (χ1n) is 9.36. The fraction of sp³-hybridized carbons (Fsp3) is 0.273. The van der Waals surface area contributed by atoms with Crippen molar-refractivity contribution in [2.45, 2.75) is 33.4 Å². The van der Waals surface area contributed by atoms with Crippen molar-refractivity contribution in [1.82, 2.24) is 9.88 Å². The molecule has 0 radical (unpaired) electrons. The Morgan fingerprint density at radius 1 is 1.21 bits per heavy atom. The van der Waals surface area contributed by atoms with Gasteiger partial charge in [0.15, 0.2) is 0 Å². The van der Waals surface area contributed by atoms with E-state index in [1.54, 1.807) is 17.5 Å². The zero-order valence-corrected chi connectivity index (χ0v) is 17.2. The molecule has 0 bridgehead atoms. The molecule has 2 amide bonds. The molecule has 1 heterocycles. The highest BCUT2D eigenvalue weighted by molar-refractivity contribution is 7.13. The maximum absolute atomic E-state index is 12.9.